The molecular weight excluding hydrogens is 454 g/mol. The molecule has 7 nitrogen and oxygen atoms in total. The minimum atomic E-state index is -2.08. The van der Waals surface area contributed by atoms with Gasteiger partial charge in [0.25, 0.3) is 5.91 Å². The van der Waals surface area contributed by atoms with Crippen LogP contribution >= 0.6 is 0 Å². The molecule has 1 aromatic carbocycles. The molecule has 0 bridgehead atoms. The number of carbonyl (C=O) groups is 2. The molecule has 33 heavy (non-hydrogen) atoms. The van der Waals surface area contributed by atoms with E-state index in [1.54, 1.807) is 18.2 Å². The molecule has 1 saturated heterocycles. The highest BCUT2D eigenvalue weighted by Gasteiger charge is 2.39. The highest BCUT2D eigenvalue weighted by atomic mass is 28.4. The predicted octanol–water partition coefficient (Wildman–Crippen LogP) is 5.45. The Morgan fingerprint density at radius 2 is 1.82 bits per heavy atom. The Labute approximate surface area is 200 Å². The maximum atomic E-state index is 13.3. The van der Waals surface area contributed by atoms with Crippen molar-refractivity contribution in [2.75, 3.05) is 19.9 Å². The first-order valence-corrected chi connectivity index (χ1v) is 18.3. The van der Waals surface area contributed by atoms with Gasteiger partial charge in [0.2, 0.25) is 8.32 Å². The first-order valence-electron chi connectivity index (χ1n) is 11.7. The molecule has 9 heteroatoms. The van der Waals surface area contributed by atoms with Crippen LogP contribution in [0.3, 0.4) is 0 Å². The summed E-state index contributed by atoms with van der Waals surface area (Å²) in [7, 11) is -3.30. The fourth-order valence-electron chi connectivity index (χ4n) is 3.27. The summed E-state index contributed by atoms with van der Waals surface area (Å²) in [5, 5.41) is 9.53. The van der Waals surface area contributed by atoms with Crippen LogP contribution in [0.25, 0.3) is 0 Å². The summed E-state index contributed by atoms with van der Waals surface area (Å²) in [4.78, 5) is 26.3. The van der Waals surface area contributed by atoms with Crippen LogP contribution in [-0.4, -0.2) is 64.3 Å². The Morgan fingerprint density at radius 3 is 2.39 bits per heavy atom. The molecule has 1 amide bonds. The summed E-state index contributed by atoms with van der Waals surface area (Å²) < 4.78 is 18.0. The number of carboxylic acid groups (broad SMARTS) is 1. The van der Waals surface area contributed by atoms with Crippen LogP contribution in [0, 0.1) is 0 Å². The predicted molar refractivity (Wildman–Crippen MR) is 136 cm³/mol. The average Bonchev–Trinajstić information content (AvgIpc) is 3.15. The van der Waals surface area contributed by atoms with Gasteiger partial charge in [0, 0.05) is 27.3 Å². The van der Waals surface area contributed by atoms with E-state index in [4.69, 9.17) is 13.9 Å². The van der Waals surface area contributed by atoms with Crippen LogP contribution in [0.5, 0.6) is 11.5 Å². The topological polar surface area (TPSA) is 85.3 Å². The third kappa shape index (κ3) is 7.58. The van der Waals surface area contributed by atoms with Gasteiger partial charge in [-0.25, -0.2) is 4.79 Å². The van der Waals surface area contributed by atoms with Gasteiger partial charge in [-0.2, -0.15) is 0 Å². The molecule has 1 aromatic rings. The highest BCUT2D eigenvalue weighted by Crippen LogP contribution is 2.38. The molecule has 1 aliphatic heterocycles. The number of amides is 1. The molecule has 1 heterocycles. The Hall–Kier alpha value is -1.85. The zero-order chi connectivity index (χ0) is 25.0. The summed E-state index contributed by atoms with van der Waals surface area (Å²) in [5.74, 6) is -0.307. The molecule has 2 rings (SSSR count). The van der Waals surface area contributed by atoms with Crippen molar-refractivity contribution < 1.29 is 28.6 Å². The van der Waals surface area contributed by atoms with E-state index >= 15 is 0 Å². The van der Waals surface area contributed by atoms with Crippen LogP contribution in [0.1, 0.15) is 44.0 Å². The average molecular weight is 496 g/mol. The highest BCUT2D eigenvalue weighted by molar-refractivity contribution is 6.76. The van der Waals surface area contributed by atoms with E-state index in [2.05, 4.69) is 53.5 Å². The second-order valence-corrected chi connectivity index (χ2v) is 21.8. The van der Waals surface area contributed by atoms with Crippen molar-refractivity contribution in [3.63, 3.8) is 0 Å². The number of carbonyl (C=O) groups excluding carboxylic acids is 1. The van der Waals surface area contributed by atoms with Gasteiger partial charge in [0.1, 0.15) is 17.5 Å². The van der Waals surface area contributed by atoms with Crippen molar-refractivity contribution in [2.45, 2.75) is 83.5 Å². The maximum Gasteiger partial charge on any atom is 0.326 e. The molecule has 186 valence electrons. The number of aliphatic carboxylic acids is 1. The third-order valence-electron chi connectivity index (χ3n) is 6.46. The number of hydrogen-bond acceptors (Lipinski definition) is 5. The molecule has 0 aliphatic carbocycles. The zero-order valence-electron chi connectivity index (χ0n) is 21.5. The van der Waals surface area contributed by atoms with Crippen molar-refractivity contribution in [2.24, 2.45) is 0 Å². The van der Waals surface area contributed by atoms with Crippen LogP contribution in [-0.2, 0) is 9.53 Å². The molecule has 1 aliphatic rings. The number of nitrogens with zero attached hydrogens (tertiary/aromatic N) is 1. The van der Waals surface area contributed by atoms with E-state index < -0.39 is 28.4 Å². The smallest absolute Gasteiger partial charge is 0.326 e. The second-order valence-electron chi connectivity index (χ2n) is 11.5. The Kier molecular flexibility index (Phi) is 8.81. The van der Waals surface area contributed by atoms with Gasteiger partial charge >= 0.3 is 5.97 Å². The molecule has 0 saturated carbocycles. The number of benzene rings is 1. The number of carboxylic acids is 1. The molecule has 0 spiro atoms. The van der Waals surface area contributed by atoms with Crippen molar-refractivity contribution >= 4 is 28.3 Å². The normalized spacial score (nSPS) is 17.2. The summed E-state index contributed by atoms with van der Waals surface area (Å²) in [6.45, 7) is 18.7. The largest absolute Gasteiger partial charge is 0.543 e. The zero-order valence-corrected chi connectivity index (χ0v) is 23.5. The van der Waals surface area contributed by atoms with Crippen molar-refractivity contribution in [3.05, 3.63) is 23.8 Å². The lowest BCUT2D eigenvalue weighted by Crippen LogP contribution is -2.43. The standard InChI is InChI=1S/C24H41NO6Si2/c1-24(2,3)33(7,8)31-18-11-12-19(22(26)25-13-9-10-20(25)23(27)28)21(16-18)30-17-29-14-15-32(4,5)6/h11-12,16,20H,9-10,13-15,17H2,1-8H3,(H,27,28). The Balaban J connectivity index is 2.26. The van der Waals surface area contributed by atoms with Crippen LogP contribution in [0.4, 0.5) is 0 Å². The SMILES string of the molecule is CC(C)(C)[Si](C)(C)Oc1ccc(C(=O)N2CCCC2C(=O)O)c(OCOCC[Si](C)(C)C)c1. The first-order chi connectivity index (χ1) is 15.1. The van der Waals surface area contributed by atoms with E-state index in [-0.39, 0.29) is 17.7 Å². The summed E-state index contributed by atoms with van der Waals surface area (Å²) >= 11 is 0. The molecular formula is C24H41NO6Si2. The van der Waals surface area contributed by atoms with E-state index in [0.29, 0.717) is 43.1 Å². The van der Waals surface area contributed by atoms with E-state index in [0.717, 1.165) is 6.04 Å². The van der Waals surface area contributed by atoms with Gasteiger partial charge in [-0.15, -0.1) is 0 Å². The first kappa shape index (κ1) is 27.4. The molecule has 0 radical (unpaired) electrons. The van der Waals surface area contributed by atoms with Gasteiger partial charge in [-0.05, 0) is 49.2 Å². The number of hydrogen-bond donors (Lipinski definition) is 1. The third-order valence-corrected chi connectivity index (χ3v) is 12.5. The summed E-state index contributed by atoms with van der Waals surface area (Å²) in [5.41, 5.74) is 0.333. The van der Waals surface area contributed by atoms with Gasteiger partial charge in [-0.3, -0.25) is 4.79 Å². The van der Waals surface area contributed by atoms with E-state index in [9.17, 15) is 14.7 Å². The van der Waals surface area contributed by atoms with E-state index in [1.807, 2.05) is 0 Å². The minimum Gasteiger partial charge on any atom is -0.543 e. The van der Waals surface area contributed by atoms with Crippen LogP contribution < -0.4 is 9.16 Å². The lowest BCUT2D eigenvalue weighted by molar-refractivity contribution is -0.141. The lowest BCUT2D eigenvalue weighted by Gasteiger charge is -2.36. The Morgan fingerprint density at radius 1 is 1.15 bits per heavy atom. The van der Waals surface area contributed by atoms with Crippen molar-refractivity contribution in [1.29, 1.82) is 0 Å². The number of rotatable bonds is 10. The molecule has 0 aromatic heterocycles. The van der Waals surface area contributed by atoms with Crippen molar-refractivity contribution in [1.82, 2.24) is 4.90 Å². The fourth-order valence-corrected chi connectivity index (χ4v) is 5.05. The molecule has 1 N–H and O–H groups in total. The Bertz CT molecular complexity index is 844. The monoisotopic (exact) mass is 495 g/mol. The van der Waals surface area contributed by atoms with Gasteiger partial charge in [0.05, 0.1) is 5.56 Å². The van der Waals surface area contributed by atoms with Gasteiger partial charge in [-0.1, -0.05) is 40.4 Å². The molecule has 1 unspecified atom stereocenters. The van der Waals surface area contributed by atoms with Crippen LogP contribution in [0.2, 0.25) is 43.8 Å². The van der Waals surface area contributed by atoms with Crippen molar-refractivity contribution in [3.8, 4) is 11.5 Å². The number of ether oxygens (including phenoxy) is 2. The fraction of sp³-hybridized carbons (Fsp3) is 0.667. The lowest BCUT2D eigenvalue weighted by atomic mass is 10.1. The van der Waals surface area contributed by atoms with Gasteiger partial charge < -0.3 is 23.9 Å². The molecule has 1 atom stereocenters. The maximum absolute atomic E-state index is 13.3. The summed E-state index contributed by atoms with van der Waals surface area (Å²) in [6.07, 6.45) is 1.13. The minimum absolute atomic E-state index is 0.0206. The van der Waals surface area contributed by atoms with Crippen LogP contribution in [0.15, 0.2) is 18.2 Å². The van der Waals surface area contributed by atoms with Gasteiger partial charge in [0.15, 0.2) is 6.79 Å². The summed E-state index contributed by atoms with van der Waals surface area (Å²) in [6, 6.07) is 5.41. The second kappa shape index (κ2) is 10.6. The molecule has 1 fully saturated rings. The quantitative estimate of drug-likeness (QED) is 0.264. The number of likely N-dealkylation sites (tertiary alicyclic amines) is 1. The van der Waals surface area contributed by atoms with E-state index in [1.165, 1.54) is 4.90 Å².